The third-order valence-electron chi connectivity index (χ3n) is 5.10. The largest absolute Gasteiger partial charge is 0.439 e. The van der Waals surface area contributed by atoms with Crippen molar-refractivity contribution >= 4 is 0 Å². The Morgan fingerprint density at radius 3 is 1.87 bits per heavy atom. The first-order valence-corrected chi connectivity index (χ1v) is 10.2. The second-order valence-corrected chi connectivity index (χ2v) is 7.14. The van der Waals surface area contributed by atoms with Crippen LogP contribution in [-0.2, 0) is 0 Å². The summed E-state index contributed by atoms with van der Waals surface area (Å²) in [5.74, 6) is 1.29. The average molecular weight is 400 g/mol. The Balaban J connectivity index is 1.54. The molecule has 3 heteroatoms. The second kappa shape index (κ2) is 8.64. The van der Waals surface area contributed by atoms with Gasteiger partial charge in [0, 0.05) is 24.0 Å². The number of pyridine rings is 2. The lowest BCUT2D eigenvalue weighted by molar-refractivity contribution is 0.463. The summed E-state index contributed by atoms with van der Waals surface area (Å²) in [7, 11) is 0. The highest BCUT2D eigenvalue weighted by Gasteiger charge is 2.11. The van der Waals surface area contributed by atoms with Gasteiger partial charge in [0.05, 0.1) is 5.69 Å². The smallest absolute Gasteiger partial charge is 0.219 e. The quantitative estimate of drug-likeness (QED) is 0.311. The minimum absolute atomic E-state index is 0.564. The molecule has 0 unspecified atom stereocenters. The zero-order chi connectivity index (χ0) is 20.9. The molecular weight excluding hydrogens is 380 g/mol. The van der Waals surface area contributed by atoms with Gasteiger partial charge in [-0.25, -0.2) is 4.98 Å². The van der Waals surface area contributed by atoms with Crippen LogP contribution in [0.15, 0.2) is 122 Å². The van der Waals surface area contributed by atoms with Crippen LogP contribution in [0.5, 0.6) is 11.6 Å². The minimum Gasteiger partial charge on any atom is -0.439 e. The van der Waals surface area contributed by atoms with E-state index in [1.807, 2.05) is 60.8 Å². The highest BCUT2D eigenvalue weighted by molar-refractivity contribution is 5.84. The molecule has 0 saturated heterocycles. The van der Waals surface area contributed by atoms with Gasteiger partial charge in [0.25, 0.3) is 0 Å². The normalized spacial score (nSPS) is 10.6. The van der Waals surface area contributed by atoms with E-state index in [1.54, 1.807) is 6.20 Å². The lowest BCUT2D eigenvalue weighted by Crippen LogP contribution is -1.92. The fourth-order valence-electron chi connectivity index (χ4n) is 3.57. The fraction of sp³-hybridized carbons (Fsp3) is 0. The van der Waals surface area contributed by atoms with Crippen molar-refractivity contribution in [1.82, 2.24) is 9.97 Å². The van der Waals surface area contributed by atoms with E-state index in [1.165, 1.54) is 11.1 Å². The molecule has 31 heavy (non-hydrogen) atoms. The van der Waals surface area contributed by atoms with Gasteiger partial charge in [-0.15, -0.1) is 0 Å². The number of benzene rings is 3. The number of hydrogen-bond acceptors (Lipinski definition) is 3. The molecule has 0 saturated carbocycles. The van der Waals surface area contributed by atoms with Gasteiger partial charge in [-0.2, -0.15) is 0 Å². The van der Waals surface area contributed by atoms with Gasteiger partial charge in [0.1, 0.15) is 5.75 Å². The van der Waals surface area contributed by atoms with E-state index in [-0.39, 0.29) is 0 Å². The Hall–Kier alpha value is -4.24. The Bertz CT molecular complexity index is 1270. The van der Waals surface area contributed by atoms with E-state index in [0.717, 1.165) is 28.1 Å². The molecule has 0 aliphatic carbocycles. The van der Waals surface area contributed by atoms with Gasteiger partial charge in [-0.3, -0.25) is 4.98 Å². The molecule has 0 radical (unpaired) electrons. The number of hydrogen-bond donors (Lipinski definition) is 0. The molecule has 0 aliphatic rings. The third kappa shape index (κ3) is 4.21. The summed E-state index contributed by atoms with van der Waals surface area (Å²) in [6.45, 7) is 0. The third-order valence-corrected chi connectivity index (χ3v) is 5.10. The van der Waals surface area contributed by atoms with E-state index >= 15 is 0 Å². The van der Waals surface area contributed by atoms with Crippen molar-refractivity contribution in [3.05, 3.63) is 122 Å². The van der Waals surface area contributed by atoms with Gasteiger partial charge in [-0.05, 0) is 58.7 Å². The van der Waals surface area contributed by atoms with Crippen molar-refractivity contribution < 1.29 is 4.74 Å². The van der Waals surface area contributed by atoms with Crippen molar-refractivity contribution in [2.45, 2.75) is 0 Å². The van der Waals surface area contributed by atoms with Crippen LogP contribution in [0, 0.1) is 0 Å². The lowest BCUT2D eigenvalue weighted by Gasteiger charge is -2.13. The molecule has 5 rings (SSSR count). The van der Waals surface area contributed by atoms with Gasteiger partial charge < -0.3 is 4.74 Å². The predicted molar refractivity (Wildman–Crippen MR) is 125 cm³/mol. The highest BCUT2D eigenvalue weighted by atomic mass is 16.5. The van der Waals surface area contributed by atoms with Crippen LogP contribution in [-0.4, -0.2) is 9.97 Å². The first kappa shape index (κ1) is 18.8. The zero-order valence-electron chi connectivity index (χ0n) is 16.8. The van der Waals surface area contributed by atoms with E-state index in [0.29, 0.717) is 5.88 Å². The lowest BCUT2D eigenvalue weighted by atomic mass is 9.95. The van der Waals surface area contributed by atoms with Crippen LogP contribution >= 0.6 is 0 Å². The summed E-state index contributed by atoms with van der Waals surface area (Å²) in [5.41, 5.74) is 6.55. The fourth-order valence-corrected chi connectivity index (χ4v) is 3.57. The van der Waals surface area contributed by atoms with Crippen LogP contribution in [0.1, 0.15) is 0 Å². The molecule has 148 valence electrons. The van der Waals surface area contributed by atoms with Crippen molar-refractivity contribution in [1.29, 1.82) is 0 Å². The number of nitrogens with zero attached hydrogens (tertiary/aromatic N) is 2. The zero-order valence-corrected chi connectivity index (χ0v) is 16.8. The van der Waals surface area contributed by atoms with E-state index in [9.17, 15) is 0 Å². The molecule has 0 fully saturated rings. The Labute approximate surface area is 181 Å². The van der Waals surface area contributed by atoms with Gasteiger partial charge in [0.2, 0.25) is 5.88 Å². The molecule has 5 aromatic rings. The van der Waals surface area contributed by atoms with Crippen LogP contribution in [0.3, 0.4) is 0 Å². The molecular formula is C28H20N2O. The summed E-state index contributed by atoms with van der Waals surface area (Å²) in [4.78, 5) is 8.83. The van der Waals surface area contributed by atoms with Gasteiger partial charge in [-0.1, -0.05) is 66.7 Å². The van der Waals surface area contributed by atoms with Crippen LogP contribution in [0.2, 0.25) is 0 Å². The monoisotopic (exact) mass is 400 g/mol. The maximum absolute atomic E-state index is 5.97. The van der Waals surface area contributed by atoms with Crippen LogP contribution in [0.25, 0.3) is 33.5 Å². The average Bonchev–Trinajstić information content (AvgIpc) is 2.86. The van der Waals surface area contributed by atoms with E-state index in [2.05, 4.69) is 64.6 Å². The molecule has 0 spiro atoms. The summed E-state index contributed by atoms with van der Waals surface area (Å²) in [6, 6.07) is 36.7. The molecule has 3 aromatic carbocycles. The predicted octanol–water partition coefficient (Wildman–Crippen LogP) is 7.27. The highest BCUT2D eigenvalue weighted by Crippen LogP contribution is 2.36. The van der Waals surface area contributed by atoms with Gasteiger partial charge in [0.15, 0.2) is 0 Å². The van der Waals surface area contributed by atoms with Crippen molar-refractivity contribution in [2.75, 3.05) is 0 Å². The maximum Gasteiger partial charge on any atom is 0.219 e. The van der Waals surface area contributed by atoms with Crippen molar-refractivity contribution in [3.8, 4) is 45.1 Å². The Kier molecular flexibility index (Phi) is 5.23. The summed E-state index contributed by atoms with van der Waals surface area (Å²) in [6.07, 6.45) is 3.53. The first-order valence-electron chi connectivity index (χ1n) is 10.2. The molecule has 2 aromatic heterocycles. The second-order valence-electron chi connectivity index (χ2n) is 7.14. The molecule has 0 N–H and O–H groups in total. The van der Waals surface area contributed by atoms with Crippen LogP contribution < -0.4 is 4.74 Å². The Morgan fingerprint density at radius 1 is 0.484 bits per heavy atom. The van der Waals surface area contributed by atoms with Crippen LogP contribution in [0.4, 0.5) is 0 Å². The standard InChI is InChI=1S/C28H20N2O/c1-2-8-21(9-3-1)22-12-14-23(15-13-22)25-17-16-24(31-28-11-5-7-19-30-28)20-26(25)27-10-4-6-18-29-27/h1-20H. The Morgan fingerprint density at radius 2 is 1.16 bits per heavy atom. The van der Waals surface area contributed by atoms with E-state index < -0.39 is 0 Å². The van der Waals surface area contributed by atoms with Crippen molar-refractivity contribution in [2.24, 2.45) is 0 Å². The van der Waals surface area contributed by atoms with Gasteiger partial charge >= 0.3 is 0 Å². The molecule has 2 heterocycles. The SMILES string of the molecule is c1ccc(-c2ccc(-c3ccc(Oc4ccccn4)cc3-c3ccccn3)cc2)cc1. The number of aromatic nitrogens is 2. The minimum atomic E-state index is 0.564. The number of rotatable bonds is 5. The summed E-state index contributed by atoms with van der Waals surface area (Å²) >= 11 is 0. The topological polar surface area (TPSA) is 35.0 Å². The molecule has 3 nitrogen and oxygen atoms in total. The van der Waals surface area contributed by atoms with E-state index in [4.69, 9.17) is 4.74 Å². The molecule has 0 amide bonds. The maximum atomic E-state index is 5.97. The summed E-state index contributed by atoms with van der Waals surface area (Å²) < 4.78 is 5.97. The van der Waals surface area contributed by atoms with Crippen molar-refractivity contribution in [3.63, 3.8) is 0 Å². The number of ether oxygens (including phenoxy) is 1. The molecule has 0 aliphatic heterocycles. The molecule has 0 bridgehead atoms. The molecule has 0 atom stereocenters. The first-order chi connectivity index (χ1) is 15.4. The summed E-state index contributed by atoms with van der Waals surface area (Å²) in [5, 5.41) is 0.